The molecular weight excluding hydrogens is 291 g/mol. The molecule has 0 atom stereocenters. The third kappa shape index (κ3) is 2.92. The summed E-state index contributed by atoms with van der Waals surface area (Å²) >= 11 is 17.8. The number of aryl methyl sites for hydroxylation is 1. The molecule has 0 spiro atoms. The van der Waals surface area contributed by atoms with E-state index in [0.29, 0.717) is 21.7 Å². The van der Waals surface area contributed by atoms with Gasteiger partial charge >= 0.3 is 0 Å². The number of rotatable bonds is 3. The topological polar surface area (TPSA) is 9.23 Å². The van der Waals surface area contributed by atoms with Crippen LogP contribution >= 0.6 is 34.8 Å². The summed E-state index contributed by atoms with van der Waals surface area (Å²) in [6.45, 7) is 1.96. The molecule has 0 aliphatic heterocycles. The van der Waals surface area contributed by atoms with Crippen molar-refractivity contribution >= 4 is 34.8 Å². The lowest BCUT2D eigenvalue weighted by Gasteiger charge is -2.11. The van der Waals surface area contributed by atoms with Crippen LogP contribution in [0, 0.1) is 6.92 Å². The molecule has 1 nitrogen and oxygen atoms in total. The Morgan fingerprint density at radius 3 is 2.56 bits per heavy atom. The Hall–Kier alpha value is -0.890. The van der Waals surface area contributed by atoms with Gasteiger partial charge in [0.2, 0.25) is 0 Å². The number of hydrogen-bond donors (Lipinski definition) is 0. The van der Waals surface area contributed by atoms with Gasteiger partial charge in [-0.25, -0.2) is 0 Å². The minimum atomic E-state index is 0.412. The van der Waals surface area contributed by atoms with Gasteiger partial charge < -0.3 is 4.74 Å². The van der Waals surface area contributed by atoms with E-state index in [1.807, 2.05) is 25.1 Å². The normalized spacial score (nSPS) is 10.4. The van der Waals surface area contributed by atoms with Crippen molar-refractivity contribution in [2.24, 2.45) is 0 Å². The summed E-state index contributed by atoms with van der Waals surface area (Å²) in [6, 6.07) is 11.1. The van der Waals surface area contributed by atoms with Crippen molar-refractivity contribution in [3.8, 4) is 11.5 Å². The third-order valence-electron chi connectivity index (χ3n) is 2.54. The summed E-state index contributed by atoms with van der Waals surface area (Å²) in [5.74, 6) is 1.72. The van der Waals surface area contributed by atoms with E-state index in [-0.39, 0.29) is 0 Å². The number of alkyl halides is 1. The molecule has 0 saturated heterocycles. The van der Waals surface area contributed by atoms with E-state index in [0.717, 1.165) is 16.9 Å². The first kappa shape index (κ1) is 13.5. The molecule has 0 heterocycles. The number of ether oxygens (including phenoxy) is 1. The molecule has 0 fully saturated rings. The van der Waals surface area contributed by atoms with Gasteiger partial charge in [-0.1, -0.05) is 41.4 Å². The van der Waals surface area contributed by atoms with Crippen LogP contribution in [0.2, 0.25) is 10.0 Å². The monoisotopic (exact) mass is 300 g/mol. The van der Waals surface area contributed by atoms with Gasteiger partial charge in [-0.15, -0.1) is 11.6 Å². The molecule has 0 aliphatic carbocycles. The minimum absolute atomic E-state index is 0.412. The molecule has 2 rings (SSSR count). The Kier molecular flexibility index (Phi) is 4.39. The fourth-order valence-corrected chi connectivity index (χ4v) is 2.02. The fourth-order valence-electron chi connectivity index (χ4n) is 1.52. The standard InChI is InChI=1S/C14H11Cl3O/c1-9-5-6-10(8-15)7-13(9)18-12-4-2-3-11(16)14(12)17/h2-7H,8H2,1H3. The molecular formula is C14H11Cl3O. The molecule has 0 aromatic heterocycles. The second-order valence-electron chi connectivity index (χ2n) is 3.89. The second kappa shape index (κ2) is 5.83. The summed E-state index contributed by atoms with van der Waals surface area (Å²) < 4.78 is 5.79. The van der Waals surface area contributed by atoms with Gasteiger partial charge in [-0.2, -0.15) is 0 Å². The predicted molar refractivity (Wildman–Crippen MR) is 77.3 cm³/mol. The van der Waals surface area contributed by atoms with Gasteiger partial charge in [0.15, 0.2) is 0 Å². The highest BCUT2D eigenvalue weighted by Crippen LogP contribution is 2.35. The van der Waals surface area contributed by atoms with Crippen molar-refractivity contribution in [3.05, 3.63) is 57.6 Å². The van der Waals surface area contributed by atoms with Crippen LogP contribution in [0.1, 0.15) is 11.1 Å². The first-order valence-corrected chi connectivity index (χ1v) is 6.68. The van der Waals surface area contributed by atoms with Crippen LogP contribution in [0.4, 0.5) is 0 Å². The van der Waals surface area contributed by atoms with Crippen molar-refractivity contribution < 1.29 is 4.74 Å². The molecule has 0 radical (unpaired) electrons. The molecule has 0 saturated carbocycles. The maximum atomic E-state index is 6.09. The first-order chi connectivity index (χ1) is 8.61. The lowest BCUT2D eigenvalue weighted by atomic mass is 10.1. The minimum Gasteiger partial charge on any atom is -0.455 e. The molecule has 0 N–H and O–H groups in total. The average molecular weight is 302 g/mol. The Bertz CT molecular complexity index is 567. The van der Waals surface area contributed by atoms with Crippen molar-refractivity contribution in [3.63, 3.8) is 0 Å². The highest BCUT2D eigenvalue weighted by molar-refractivity contribution is 6.42. The Morgan fingerprint density at radius 2 is 1.83 bits per heavy atom. The van der Waals surface area contributed by atoms with E-state index in [1.165, 1.54) is 0 Å². The highest BCUT2D eigenvalue weighted by atomic mass is 35.5. The first-order valence-electron chi connectivity index (χ1n) is 5.39. The summed E-state index contributed by atoms with van der Waals surface area (Å²) in [6.07, 6.45) is 0. The number of halogens is 3. The Labute approximate surface area is 121 Å². The SMILES string of the molecule is Cc1ccc(CCl)cc1Oc1cccc(Cl)c1Cl. The van der Waals surface area contributed by atoms with Crippen LogP contribution in [0.25, 0.3) is 0 Å². The van der Waals surface area contributed by atoms with E-state index in [1.54, 1.807) is 18.2 Å². The lowest BCUT2D eigenvalue weighted by Crippen LogP contribution is -1.90. The van der Waals surface area contributed by atoms with E-state index in [2.05, 4.69) is 0 Å². The lowest BCUT2D eigenvalue weighted by molar-refractivity contribution is 0.478. The maximum Gasteiger partial charge on any atom is 0.147 e. The summed E-state index contributed by atoms with van der Waals surface area (Å²) in [5, 5.41) is 0.884. The van der Waals surface area contributed by atoms with E-state index >= 15 is 0 Å². The predicted octanol–water partition coefficient (Wildman–Crippen LogP) is 5.83. The molecule has 94 valence electrons. The molecule has 0 bridgehead atoms. The van der Waals surface area contributed by atoms with Gasteiger partial charge in [0.05, 0.1) is 5.02 Å². The second-order valence-corrected chi connectivity index (χ2v) is 4.94. The van der Waals surface area contributed by atoms with Gasteiger partial charge in [-0.05, 0) is 36.2 Å². The van der Waals surface area contributed by atoms with Crippen LogP contribution in [-0.4, -0.2) is 0 Å². The summed E-state index contributed by atoms with van der Waals surface area (Å²) in [5.41, 5.74) is 2.01. The van der Waals surface area contributed by atoms with E-state index < -0.39 is 0 Å². The molecule has 2 aromatic carbocycles. The largest absolute Gasteiger partial charge is 0.455 e. The van der Waals surface area contributed by atoms with Gasteiger partial charge in [0.25, 0.3) is 0 Å². The summed E-state index contributed by atoms with van der Waals surface area (Å²) in [4.78, 5) is 0. The van der Waals surface area contributed by atoms with Crippen molar-refractivity contribution in [1.29, 1.82) is 0 Å². The maximum absolute atomic E-state index is 6.09. The molecule has 0 unspecified atom stereocenters. The van der Waals surface area contributed by atoms with Crippen molar-refractivity contribution in [2.75, 3.05) is 0 Å². The zero-order valence-electron chi connectivity index (χ0n) is 9.71. The van der Waals surface area contributed by atoms with Crippen molar-refractivity contribution in [1.82, 2.24) is 0 Å². The Balaban J connectivity index is 2.36. The number of hydrogen-bond acceptors (Lipinski definition) is 1. The van der Waals surface area contributed by atoms with Crippen LogP contribution in [0.3, 0.4) is 0 Å². The van der Waals surface area contributed by atoms with Gasteiger partial charge in [0.1, 0.15) is 16.5 Å². The Morgan fingerprint density at radius 1 is 1.06 bits per heavy atom. The highest BCUT2D eigenvalue weighted by Gasteiger charge is 2.08. The average Bonchev–Trinajstić information content (AvgIpc) is 2.37. The van der Waals surface area contributed by atoms with Crippen LogP contribution in [0.15, 0.2) is 36.4 Å². The smallest absolute Gasteiger partial charge is 0.147 e. The molecule has 2 aromatic rings. The molecule has 0 aliphatic rings. The van der Waals surface area contributed by atoms with Gasteiger partial charge in [-0.3, -0.25) is 0 Å². The molecule has 4 heteroatoms. The number of benzene rings is 2. The quantitative estimate of drug-likeness (QED) is 0.648. The molecule has 18 heavy (non-hydrogen) atoms. The zero-order valence-corrected chi connectivity index (χ0v) is 12.0. The third-order valence-corrected chi connectivity index (χ3v) is 3.65. The summed E-state index contributed by atoms with van der Waals surface area (Å²) in [7, 11) is 0. The van der Waals surface area contributed by atoms with Gasteiger partial charge in [0, 0.05) is 5.88 Å². The zero-order chi connectivity index (χ0) is 13.1. The van der Waals surface area contributed by atoms with E-state index in [4.69, 9.17) is 39.5 Å². The fraction of sp³-hybridized carbons (Fsp3) is 0.143. The van der Waals surface area contributed by atoms with Crippen molar-refractivity contribution in [2.45, 2.75) is 12.8 Å². The van der Waals surface area contributed by atoms with E-state index in [9.17, 15) is 0 Å². The van der Waals surface area contributed by atoms with Crippen LogP contribution < -0.4 is 4.74 Å². The van der Waals surface area contributed by atoms with Crippen LogP contribution in [-0.2, 0) is 5.88 Å². The van der Waals surface area contributed by atoms with Crippen LogP contribution in [0.5, 0.6) is 11.5 Å². The molecule has 0 amide bonds.